The van der Waals surface area contributed by atoms with Crippen LogP contribution in [0.3, 0.4) is 0 Å². The number of nitrogens with zero attached hydrogens (tertiary/aromatic N) is 3. The number of carbonyl (C=O) groups is 1. The highest BCUT2D eigenvalue weighted by atomic mass is 16.6. The van der Waals surface area contributed by atoms with Gasteiger partial charge in [0.05, 0.1) is 11.8 Å². The standard InChI is InChI=1S/C16H20N4O3/c1-20-15(4-5-19-20)13-7-12(8-17-10-13)9-18-16(21)23-11-14-3-2-6-22-14/h4-5,7-8,10,14H,2-3,6,9,11H2,1H3,(H,18,21). The van der Waals surface area contributed by atoms with Gasteiger partial charge in [0.2, 0.25) is 0 Å². The molecular weight excluding hydrogens is 296 g/mol. The van der Waals surface area contributed by atoms with Gasteiger partial charge in [-0.05, 0) is 30.5 Å². The van der Waals surface area contributed by atoms with Gasteiger partial charge in [-0.15, -0.1) is 0 Å². The molecule has 0 radical (unpaired) electrons. The summed E-state index contributed by atoms with van der Waals surface area (Å²) in [7, 11) is 1.88. The number of amides is 1. The second-order valence-electron chi connectivity index (χ2n) is 5.51. The molecular formula is C16H20N4O3. The second kappa shape index (κ2) is 7.23. The van der Waals surface area contributed by atoms with Gasteiger partial charge in [-0.2, -0.15) is 5.10 Å². The minimum absolute atomic E-state index is 0.0376. The summed E-state index contributed by atoms with van der Waals surface area (Å²) in [5, 5.41) is 6.88. The fraction of sp³-hybridized carbons (Fsp3) is 0.438. The van der Waals surface area contributed by atoms with Crippen molar-refractivity contribution in [1.82, 2.24) is 20.1 Å². The van der Waals surface area contributed by atoms with E-state index < -0.39 is 6.09 Å². The van der Waals surface area contributed by atoms with Crippen LogP contribution in [0.25, 0.3) is 11.3 Å². The molecule has 7 heteroatoms. The van der Waals surface area contributed by atoms with Crippen LogP contribution in [0.4, 0.5) is 4.79 Å². The van der Waals surface area contributed by atoms with Crippen molar-refractivity contribution < 1.29 is 14.3 Å². The van der Waals surface area contributed by atoms with Crippen LogP contribution >= 0.6 is 0 Å². The van der Waals surface area contributed by atoms with Gasteiger partial charge in [0.25, 0.3) is 0 Å². The number of aryl methyl sites for hydroxylation is 1. The van der Waals surface area contributed by atoms with Crippen molar-refractivity contribution in [2.45, 2.75) is 25.5 Å². The number of hydrogen-bond donors (Lipinski definition) is 1. The summed E-state index contributed by atoms with van der Waals surface area (Å²) in [4.78, 5) is 15.9. The Morgan fingerprint density at radius 1 is 1.52 bits per heavy atom. The molecule has 1 fully saturated rings. The highest BCUT2D eigenvalue weighted by molar-refractivity contribution is 5.67. The Bertz CT molecular complexity index is 665. The lowest BCUT2D eigenvalue weighted by Crippen LogP contribution is -2.27. The molecule has 122 valence electrons. The van der Waals surface area contributed by atoms with E-state index >= 15 is 0 Å². The van der Waals surface area contributed by atoms with Crippen molar-refractivity contribution in [1.29, 1.82) is 0 Å². The Balaban J connectivity index is 1.52. The quantitative estimate of drug-likeness (QED) is 0.911. The van der Waals surface area contributed by atoms with E-state index in [-0.39, 0.29) is 6.10 Å². The molecule has 0 aliphatic carbocycles. The summed E-state index contributed by atoms with van der Waals surface area (Å²) in [6, 6.07) is 3.90. The van der Waals surface area contributed by atoms with E-state index in [1.54, 1.807) is 23.3 Å². The van der Waals surface area contributed by atoms with E-state index in [0.717, 1.165) is 36.3 Å². The van der Waals surface area contributed by atoms with E-state index in [1.165, 1.54) is 0 Å². The Morgan fingerprint density at radius 2 is 2.43 bits per heavy atom. The van der Waals surface area contributed by atoms with Gasteiger partial charge in [-0.25, -0.2) is 4.79 Å². The number of aromatic nitrogens is 3. The minimum Gasteiger partial charge on any atom is -0.447 e. The number of carbonyl (C=O) groups excluding carboxylic acids is 1. The maximum atomic E-state index is 11.7. The van der Waals surface area contributed by atoms with Gasteiger partial charge in [-0.3, -0.25) is 9.67 Å². The lowest BCUT2D eigenvalue weighted by molar-refractivity contribution is 0.0437. The molecule has 3 heterocycles. The summed E-state index contributed by atoms with van der Waals surface area (Å²) in [6.07, 6.45) is 6.81. The van der Waals surface area contributed by atoms with Gasteiger partial charge in [0.15, 0.2) is 0 Å². The van der Waals surface area contributed by atoms with Crippen LogP contribution in [0.5, 0.6) is 0 Å². The zero-order valence-electron chi connectivity index (χ0n) is 13.1. The molecule has 2 aromatic rings. The number of hydrogen-bond acceptors (Lipinski definition) is 5. The zero-order chi connectivity index (χ0) is 16.1. The third kappa shape index (κ3) is 4.07. The normalized spacial score (nSPS) is 17.2. The van der Waals surface area contributed by atoms with Gasteiger partial charge >= 0.3 is 6.09 Å². The van der Waals surface area contributed by atoms with Gasteiger partial charge < -0.3 is 14.8 Å². The first kappa shape index (κ1) is 15.5. The minimum atomic E-state index is -0.438. The molecule has 1 saturated heterocycles. The number of rotatable bonds is 5. The Kier molecular flexibility index (Phi) is 4.87. The SMILES string of the molecule is Cn1nccc1-c1cncc(CNC(=O)OCC2CCCO2)c1. The molecule has 1 amide bonds. The highest BCUT2D eigenvalue weighted by Crippen LogP contribution is 2.18. The molecule has 1 atom stereocenters. The van der Waals surface area contributed by atoms with Gasteiger partial charge in [-0.1, -0.05) is 0 Å². The van der Waals surface area contributed by atoms with Crippen molar-refractivity contribution in [3.05, 3.63) is 36.3 Å². The highest BCUT2D eigenvalue weighted by Gasteiger charge is 2.17. The fourth-order valence-corrected chi connectivity index (χ4v) is 2.55. The molecule has 23 heavy (non-hydrogen) atoms. The van der Waals surface area contributed by atoms with Crippen LogP contribution in [-0.2, 0) is 23.1 Å². The summed E-state index contributed by atoms with van der Waals surface area (Å²) in [6.45, 7) is 1.42. The maximum absolute atomic E-state index is 11.7. The van der Waals surface area contributed by atoms with Crippen LogP contribution in [0.1, 0.15) is 18.4 Å². The summed E-state index contributed by atoms with van der Waals surface area (Å²) < 4.78 is 12.4. The van der Waals surface area contributed by atoms with E-state index in [0.29, 0.717) is 13.2 Å². The lowest BCUT2D eigenvalue weighted by atomic mass is 10.1. The van der Waals surface area contributed by atoms with Crippen LogP contribution in [-0.4, -0.2) is 40.2 Å². The molecule has 0 aromatic carbocycles. The summed E-state index contributed by atoms with van der Waals surface area (Å²) >= 11 is 0. The Labute approximate surface area is 134 Å². The topological polar surface area (TPSA) is 78.3 Å². The van der Waals surface area contributed by atoms with E-state index in [4.69, 9.17) is 9.47 Å². The zero-order valence-corrected chi connectivity index (χ0v) is 13.1. The summed E-state index contributed by atoms with van der Waals surface area (Å²) in [5.74, 6) is 0. The van der Waals surface area contributed by atoms with Crippen molar-refractivity contribution >= 4 is 6.09 Å². The predicted octanol–water partition coefficient (Wildman–Crippen LogP) is 1.89. The molecule has 3 rings (SSSR count). The molecule has 0 saturated carbocycles. The van der Waals surface area contributed by atoms with E-state index in [9.17, 15) is 4.79 Å². The first-order chi connectivity index (χ1) is 11.2. The molecule has 1 aliphatic heterocycles. The van der Waals surface area contributed by atoms with Crippen LogP contribution in [0, 0.1) is 0 Å². The monoisotopic (exact) mass is 316 g/mol. The van der Waals surface area contributed by atoms with Crippen LogP contribution in [0.15, 0.2) is 30.7 Å². The number of ether oxygens (including phenoxy) is 2. The molecule has 1 N–H and O–H groups in total. The van der Waals surface area contributed by atoms with Gasteiger partial charge in [0.1, 0.15) is 6.61 Å². The third-order valence-electron chi connectivity index (χ3n) is 3.77. The smallest absolute Gasteiger partial charge is 0.407 e. The van der Waals surface area contributed by atoms with Crippen molar-refractivity contribution in [3.63, 3.8) is 0 Å². The predicted molar refractivity (Wildman–Crippen MR) is 83.6 cm³/mol. The van der Waals surface area contributed by atoms with Crippen molar-refractivity contribution in [3.8, 4) is 11.3 Å². The van der Waals surface area contributed by atoms with E-state index in [2.05, 4.69) is 15.4 Å². The molecule has 0 spiro atoms. The molecule has 7 nitrogen and oxygen atoms in total. The first-order valence-electron chi connectivity index (χ1n) is 7.67. The van der Waals surface area contributed by atoms with Gasteiger partial charge in [0, 0.05) is 44.4 Å². The maximum Gasteiger partial charge on any atom is 0.407 e. The molecule has 0 bridgehead atoms. The summed E-state index contributed by atoms with van der Waals surface area (Å²) in [5.41, 5.74) is 2.83. The average molecular weight is 316 g/mol. The van der Waals surface area contributed by atoms with Crippen LogP contribution < -0.4 is 5.32 Å². The fourth-order valence-electron chi connectivity index (χ4n) is 2.55. The Morgan fingerprint density at radius 3 is 3.17 bits per heavy atom. The van der Waals surface area contributed by atoms with Crippen molar-refractivity contribution in [2.24, 2.45) is 7.05 Å². The third-order valence-corrected chi connectivity index (χ3v) is 3.77. The second-order valence-corrected chi connectivity index (χ2v) is 5.51. The molecule has 1 aliphatic rings. The van der Waals surface area contributed by atoms with Crippen molar-refractivity contribution in [2.75, 3.05) is 13.2 Å². The first-order valence-corrected chi connectivity index (χ1v) is 7.67. The largest absolute Gasteiger partial charge is 0.447 e. The average Bonchev–Trinajstić information content (AvgIpc) is 3.22. The molecule has 1 unspecified atom stereocenters. The Hall–Kier alpha value is -2.41. The lowest BCUT2D eigenvalue weighted by Gasteiger charge is -2.11. The van der Waals surface area contributed by atoms with E-state index in [1.807, 2.05) is 19.2 Å². The number of pyridine rings is 1. The molecule has 2 aromatic heterocycles. The van der Waals surface area contributed by atoms with Crippen LogP contribution in [0.2, 0.25) is 0 Å². The number of alkyl carbamates (subject to hydrolysis) is 1. The number of nitrogens with one attached hydrogen (secondary N) is 1.